The second kappa shape index (κ2) is 5.65. The summed E-state index contributed by atoms with van der Waals surface area (Å²) < 4.78 is 0. The van der Waals surface area contributed by atoms with Gasteiger partial charge in [0.2, 0.25) is 5.95 Å². The van der Waals surface area contributed by atoms with Gasteiger partial charge in [0.1, 0.15) is 11.6 Å². The summed E-state index contributed by atoms with van der Waals surface area (Å²) in [5.41, 5.74) is 6.46. The third-order valence-electron chi connectivity index (χ3n) is 2.40. The Morgan fingerprint density at radius 1 is 1.44 bits per heavy atom. The van der Waals surface area contributed by atoms with Crippen molar-refractivity contribution in [2.45, 2.75) is 6.10 Å². The molecule has 1 atom stereocenters. The Balaban J connectivity index is 1.99. The van der Waals surface area contributed by atoms with Crippen LogP contribution in [0, 0.1) is 0 Å². The second-order valence-corrected chi connectivity index (χ2v) is 4.48. The number of hydrogen-bond acceptors (Lipinski definition) is 7. The number of nitrogens with zero attached hydrogens (tertiary/aromatic N) is 2. The van der Waals surface area contributed by atoms with E-state index in [1.165, 1.54) is 0 Å². The van der Waals surface area contributed by atoms with Gasteiger partial charge in [-0.25, -0.2) is 0 Å². The van der Waals surface area contributed by atoms with Gasteiger partial charge in [0.15, 0.2) is 0 Å². The maximum Gasteiger partial charge on any atom is 0.223 e. The molecule has 0 aromatic carbocycles. The van der Waals surface area contributed by atoms with Crippen molar-refractivity contribution in [3.05, 3.63) is 28.5 Å². The van der Waals surface area contributed by atoms with E-state index in [0.29, 0.717) is 18.2 Å². The van der Waals surface area contributed by atoms with Gasteiger partial charge in [0, 0.05) is 19.7 Å². The fourth-order valence-electron chi connectivity index (χ4n) is 1.47. The monoisotopic (exact) mass is 265 g/mol. The first-order valence-electron chi connectivity index (χ1n) is 5.45. The molecule has 2 aromatic rings. The lowest BCUT2D eigenvalue weighted by molar-refractivity contribution is 0.192. The Bertz CT molecular complexity index is 502. The molecule has 0 aliphatic carbocycles. The number of thiophene rings is 1. The molecule has 0 bridgehead atoms. The van der Waals surface area contributed by atoms with Crippen molar-refractivity contribution in [3.8, 4) is 0 Å². The molecule has 2 heterocycles. The summed E-state index contributed by atoms with van der Waals surface area (Å²) in [4.78, 5) is 8.03. The van der Waals surface area contributed by atoms with Crippen LogP contribution in [0.2, 0.25) is 0 Å². The predicted molar refractivity (Wildman–Crippen MR) is 73.8 cm³/mol. The van der Waals surface area contributed by atoms with E-state index >= 15 is 0 Å². The van der Waals surface area contributed by atoms with Crippen LogP contribution in [0.3, 0.4) is 0 Å². The van der Waals surface area contributed by atoms with Crippen molar-refractivity contribution in [1.82, 2.24) is 9.97 Å². The molecule has 0 saturated heterocycles. The Morgan fingerprint density at radius 2 is 2.22 bits per heavy atom. The van der Waals surface area contributed by atoms with Gasteiger partial charge in [-0.05, 0) is 22.4 Å². The van der Waals surface area contributed by atoms with E-state index in [2.05, 4.69) is 20.6 Å². The van der Waals surface area contributed by atoms with E-state index in [4.69, 9.17) is 5.73 Å². The van der Waals surface area contributed by atoms with Gasteiger partial charge in [0.05, 0.1) is 6.10 Å². The molecule has 18 heavy (non-hydrogen) atoms. The molecule has 2 aromatic heterocycles. The van der Waals surface area contributed by atoms with Crippen molar-refractivity contribution >= 4 is 28.9 Å². The van der Waals surface area contributed by atoms with Crippen LogP contribution in [0.25, 0.3) is 0 Å². The molecule has 96 valence electrons. The van der Waals surface area contributed by atoms with Crippen LogP contribution in [0.1, 0.15) is 11.7 Å². The summed E-state index contributed by atoms with van der Waals surface area (Å²) in [6, 6.07) is 3.63. The lowest BCUT2D eigenvalue weighted by Gasteiger charge is -2.12. The smallest absolute Gasteiger partial charge is 0.223 e. The van der Waals surface area contributed by atoms with Crippen LogP contribution < -0.4 is 16.4 Å². The summed E-state index contributed by atoms with van der Waals surface area (Å²) >= 11 is 1.55. The third-order valence-corrected chi connectivity index (χ3v) is 3.11. The topological polar surface area (TPSA) is 96.1 Å². The number of hydrogen-bond donors (Lipinski definition) is 4. The summed E-state index contributed by atoms with van der Waals surface area (Å²) in [6.07, 6.45) is -0.564. The highest BCUT2D eigenvalue weighted by Gasteiger charge is 2.08. The fraction of sp³-hybridized carbons (Fsp3) is 0.273. The number of nitrogen functional groups attached to an aromatic ring is 1. The fourth-order valence-corrected chi connectivity index (χ4v) is 2.18. The molecule has 0 radical (unpaired) electrons. The molecule has 0 aliphatic rings. The molecule has 0 amide bonds. The Morgan fingerprint density at radius 3 is 2.89 bits per heavy atom. The zero-order valence-corrected chi connectivity index (χ0v) is 10.7. The van der Waals surface area contributed by atoms with E-state index in [9.17, 15) is 5.11 Å². The van der Waals surface area contributed by atoms with Gasteiger partial charge >= 0.3 is 0 Å². The summed E-state index contributed by atoms with van der Waals surface area (Å²) in [7, 11) is 1.76. The maximum atomic E-state index is 9.92. The zero-order chi connectivity index (χ0) is 13.0. The molecule has 1 unspecified atom stereocenters. The first kappa shape index (κ1) is 12.6. The first-order valence-corrected chi connectivity index (χ1v) is 6.39. The normalized spacial score (nSPS) is 12.1. The first-order chi connectivity index (χ1) is 8.69. The summed E-state index contributed by atoms with van der Waals surface area (Å²) in [5.74, 6) is 1.41. The van der Waals surface area contributed by atoms with Gasteiger partial charge in [0.25, 0.3) is 0 Å². The van der Waals surface area contributed by atoms with Crippen LogP contribution in [0.4, 0.5) is 17.6 Å². The second-order valence-electron chi connectivity index (χ2n) is 3.70. The molecule has 2 rings (SSSR count). The van der Waals surface area contributed by atoms with Crippen LogP contribution in [-0.4, -0.2) is 28.7 Å². The number of nitrogens with one attached hydrogen (secondary N) is 2. The quantitative estimate of drug-likeness (QED) is 0.651. The van der Waals surface area contributed by atoms with Crippen LogP contribution >= 0.6 is 11.3 Å². The SMILES string of the molecule is CNc1cc(NCC(O)c2ccsc2)nc(N)n1. The van der Waals surface area contributed by atoms with Crippen LogP contribution in [0.5, 0.6) is 0 Å². The average molecular weight is 265 g/mol. The highest BCUT2D eigenvalue weighted by atomic mass is 32.1. The van der Waals surface area contributed by atoms with Gasteiger partial charge in [-0.2, -0.15) is 21.3 Å². The number of aliphatic hydroxyl groups is 1. The van der Waals surface area contributed by atoms with Gasteiger partial charge in [-0.15, -0.1) is 0 Å². The summed E-state index contributed by atoms with van der Waals surface area (Å²) in [5, 5.41) is 19.7. The minimum atomic E-state index is -0.564. The van der Waals surface area contributed by atoms with Crippen molar-refractivity contribution in [1.29, 1.82) is 0 Å². The van der Waals surface area contributed by atoms with Gasteiger partial charge in [-0.3, -0.25) is 0 Å². The molecular formula is C11H15N5OS. The molecule has 0 aliphatic heterocycles. The van der Waals surface area contributed by atoms with Crippen LogP contribution in [0.15, 0.2) is 22.9 Å². The number of nitrogens with two attached hydrogens (primary N) is 1. The minimum Gasteiger partial charge on any atom is -0.387 e. The van der Waals surface area contributed by atoms with Gasteiger partial charge in [-0.1, -0.05) is 0 Å². The average Bonchev–Trinajstić information content (AvgIpc) is 2.89. The molecule has 6 nitrogen and oxygen atoms in total. The number of anilines is 3. The highest BCUT2D eigenvalue weighted by molar-refractivity contribution is 7.07. The standard InChI is InChI=1S/C11H15N5OS/c1-13-9-4-10(16-11(12)15-9)14-5-8(17)7-2-3-18-6-7/h2-4,6,8,17H,5H2,1H3,(H4,12,13,14,15,16). The molecule has 5 N–H and O–H groups in total. The largest absolute Gasteiger partial charge is 0.387 e. The lowest BCUT2D eigenvalue weighted by atomic mass is 10.2. The minimum absolute atomic E-state index is 0.189. The molecule has 0 spiro atoms. The maximum absolute atomic E-state index is 9.92. The van der Waals surface area contributed by atoms with Crippen LogP contribution in [-0.2, 0) is 0 Å². The van der Waals surface area contributed by atoms with Crippen molar-refractivity contribution in [2.75, 3.05) is 30.0 Å². The Kier molecular flexibility index (Phi) is 3.96. The molecule has 0 saturated carbocycles. The van der Waals surface area contributed by atoms with E-state index in [1.54, 1.807) is 24.5 Å². The number of aromatic nitrogens is 2. The van der Waals surface area contributed by atoms with E-state index in [-0.39, 0.29) is 5.95 Å². The number of aliphatic hydroxyl groups excluding tert-OH is 1. The molecule has 7 heteroatoms. The van der Waals surface area contributed by atoms with Gasteiger partial charge < -0.3 is 21.5 Å². The molecule has 0 fully saturated rings. The van der Waals surface area contributed by atoms with E-state index in [0.717, 1.165) is 5.56 Å². The lowest BCUT2D eigenvalue weighted by Crippen LogP contribution is -2.13. The Labute approximate surface area is 109 Å². The van der Waals surface area contributed by atoms with Crippen molar-refractivity contribution < 1.29 is 5.11 Å². The highest BCUT2D eigenvalue weighted by Crippen LogP contribution is 2.17. The van der Waals surface area contributed by atoms with E-state index < -0.39 is 6.10 Å². The summed E-state index contributed by atoms with van der Waals surface area (Å²) in [6.45, 7) is 0.371. The molecular weight excluding hydrogens is 250 g/mol. The predicted octanol–water partition coefficient (Wildman–Crippen LogP) is 1.31. The number of rotatable bonds is 5. The third kappa shape index (κ3) is 3.08. The zero-order valence-electron chi connectivity index (χ0n) is 9.92. The van der Waals surface area contributed by atoms with Crippen molar-refractivity contribution in [2.24, 2.45) is 0 Å². The van der Waals surface area contributed by atoms with E-state index in [1.807, 2.05) is 16.8 Å². The van der Waals surface area contributed by atoms with Crippen molar-refractivity contribution in [3.63, 3.8) is 0 Å². The Hall–Kier alpha value is -1.86.